The zero-order chi connectivity index (χ0) is 16.8. The highest BCUT2D eigenvalue weighted by atomic mass is 32.1. The summed E-state index contributed by atoms with van der Waals surface area (Å²) in [4.78, 5) is 36.8. The molecule has 2 rings (SSSR count). The molecule has 0 radical (unpaired) electrons. The van der Waals surface area contributed by atoms with Gasteiger partial charge in [-0.05, 0) is 24.2 Å². The SMILES string of the molecule is O=C1C[C@@H](C(=O)O)N(C(=O)CCS)[C@@H](CCc2ccccc2)N1. The number of carboxylic acids is 1. The molecular formula is C16H20N2O4S. The van der Waals surface area contributed by atoms with Crippen LogP contribution in [0.3, 0.4) is 0 Å². The van der Waals surface area contributed by atoms with E-state index in [1.54, 1.807) is 0 Å². The summed E-state index contributed by atoms with van der Waals surface area (Å²) in [5.41, 5.74) is 1.07. The number of benzene rings is 1. The third-order valence-electron chi connectivity index (χ3n) is 3.83. The topological polar surface area (TPSA) is 86.7 Å². The van der Waals surface area contributed by atoms with Crippen molar-refractivity contribution in [2.45, 2.75) is 37.9 Å². The van der Waals surface area contributed by atoms with Crippen molar-refractivity contribution >= 4 is 30.4 Å². The zero-order valence-electron chi connectivity index (χ0n) is 12.6. The number of carboxylic acid groups (broad SMARTS) is 1. The number of aliphatic carboxylic acids is 1. The van der Waals surface area contributed by atoms with Crippen molar-refractivity contribution in [2.75, 3.05) is 5.75 Å². The van der Waals surface area contributed by atoms with E-state index in [2.05, 4.69) is 17.9 Å². The summed E-state index contributed by atoms with van der Waals surface area (Å²) >= 11 is 4.04. The first-order valence-corrected chi connectivity index (χ1v) is 8.14. The lowest BCUT2D eigenvalue weighted by Crippen LogP contribution is -2.63. The van der Waals surface area contributed by atoms with E-state index < -0.39 is 18.2 Å². The van der Waals surface area contributed by atoms with E-state index in [1.807, 2.05) is 30.3 Å². The predicted molar refractivity (Wildman–Crippen MR) is 88.1 cm³/mol. The molecule has 1 fully saturated rings. The van der Waals surface area contributed by atoms with Crippen LogP contribution in [0.5, 0.6) is 0 Å². The molecule has 0 aliphatic carbocycles. The molecule has 2 N–H and O–H groups in total. The van der Waals surface area contributed by atoms with Crippen LogP contribution in [0.15, 0.2) is 30.3 Å². The standard InChI is InChI=1S/C16H20N2O4S/c19-14-10-12(16(21)22)18(15(20)8-9-23)13(17-14)7-6-11-4-2-1-3-5-11/h1-5,12-13,23H,6-10H2,(H,17,19)(H,21,22)/t12-,13-/m0/s1. The fraction of sp³-hybridized carbons (Fsp3) is 0.438. The average molecular weight is 336 g/mol. The van der Waals surface area contributed by atoms with E-state index in [1.165, 1.54) is 4.90 Å². The van der Waals surface area contributed by atoms with E-state index >= 15 is 0 Å². The maximum absolute atomic E-state index is 12.3. The number of nitrogens with zero attached hydrogens (tertiary/aromatic N) is 1. The van der Waals surface area contributed by atoms with Crippen molar-refractivity contribution < 1.29 is 19.5 Å². The van der Waals surface area contributed by atoms with Crippen LogP contribution >= 0.6 is 12.6 Å². The van der Waals surface area contributed by atoms with Gasteiger partial charge in [-0.1, -0.05) is 30.3 Å². The number of thiol groups is 1. The fourth-order valence-electron chi connectivity index (χ4n) is 2.74. The molecule has 1 saturated heterocycles. The normalized spacial score (nSPS) is 20.9. The van der Waals surface area contributed by atoms with E-state index in [-0.39, 0.29) is 24.7 Å². The first-order chi connectivity index (χ1) is 11.0. The second kappa shape index (κ2) is 8.01. The maximum Gasteiger partial charge on any atom is 0.327 e. The second-order valence-electron chi connectivity index (χ2n) is 5.44. The monoisotopic (exact) mass is 336 g/mol. The largest absolute Gasteiger partial charge is 0.480 e. The molecule has 1 aliphatic rings. The van der Waals surface area contributed by atoms with Crippen LogP contribution in [0, 0.1) is 0 Å². The van der Waals surface area contributed by atoms with Crippen molar-refractivity contribution in [1.29, 1.82) is 0 Å². The minimum absolute atomic E-state index is 0.143. The Morgan fingerprint density at radius 2 is 2.00 bits per heavy atom. The highest BCUT2D eigenvalue weighted by Gasteiger charge is 2.40. The van der Waals surface area contributed by atoms with Crippen molar-refractivity contribution in [3.8, 4) is 0 Å². The maximum atomic E-state index is 12.3. The van der Waals surface area contributed by atoms with Gasteiger partial charge in [0.2, 0.25) is 11.8 Å². The van der Waals surface area contributed by atoms with Crippen LogP contribution in [-0.4, -0.2) is 45.8 Å². The quantitative estimate of drug-likeness (QED) is 0.678. The summed E-state index contributed by atoms with van der Waals surface area (Å²) in [5.74, 6) is -1.46. The molecule has 0 aromatic heterocycles. The molecule has 6 nitrogen and oxygen atoms in total. The van der Waals surface area contributed by atoms with Gasteiger partial charge in [0.05, 0.1) is 6.42 Å². The summed E-state index contributed by atoms with van der Waals surface area (Å²) in [7, 11) is 0. The van der Waals surface area contributed by atoms with Gasteiger partial charge in [0.25, 0.3) is 0 Å². The number of hydrogen-bond donors (Lipinski definition) is 3. The molecule has 124 valence electrons. The molecular weight excluding hydrogens is 316 g/mol. The summed E-state index contributed by atoms with van der Waals surface area (Å²) in [5, 5.41) is 12.1. The van der Waals surface area contributed by atoms with E-state index in [9.17, 15) is 19.5 Å². The van der Waals surface area contributed by atoms with Gasteiger partial charge in [-0.3, -0.25) is 9.59 Å². The third-order valence-corrected chi connectivity index (χ3v) is 4.05. The minimum Gasteiger partial charge on any atom is -0.480 e. The van der Waals surface area contributed by atoms with E-state index in [4.69, 9.17) is 0 Å². The number of hydrogen-bond acceptors (Lipinski definition) is 4. The van der Waals surface area contributed by atoms with Crippen LogP contribution in [-0.2, 0) is 20.8 Å². The molecule has 23 heavy (non-hydrogen) atoms. The Morgan fingerprint density at radius 1 is 1.30 bits per heavy atom. The zero-order valence-corrected chi connectivity index (χ0v) is 13.5. The van der Waals surface area contributed by atoms with Crippen LogP contribution in [0.25, 0.3) is 0 Å². The Kier molecular flexibility index (Phi) is 6.04. The summed E-state index contributed by atoms with van der Waals surface area (Å²) in [6, 6.07) is 8.54. The Morgan fingerprint density at radius 3 is 2.61 bits per heavy atom. The van der Waals surface area contributed by atoms with E-state index in [0.717, 1.165) is 5.56 Å². The van der Waals surface area contributed by atoms with Crippen molar-refractivity contribution in [3.63, 3.8) is 0 Å². The van der Waals surface area contributed by atoms with Crippen molar-refractivity contribution in [2.24, 2.45) is 0 Å². The van der Waals surface area contributed by atoms with Gasteiger partial charge in [-0.15, -0.1) is 0 Å². The lowest BCUT2D eigenvalue weighted by molar-refractivity contribution is -0.159. The van der Waals surface area contributed by atoms with Crippen LogP contribution in [0.1, 0.15) is 24.8 Å². The van der Waals surface area contributed by atoms with Gasteiger partial charge in [-0.25, -0.2) is 4.79 Å². The van der Waals surface area contributed by atoms with Crippen LogP contribution in [0.2, 0.25) is 0 Å². The first kappa shape index (κ1) is 17.3. The Labute approximate surface area is 140 Å². The van der Waals surface area contributed by atoms with Crippen LogP contribution < -0.4 is 5.32 Å². The summed E-state index contributed by atoms with van der Waals surface area (Å²) < 4.78 is 0. The molecule has 0 saturated carbocycles. The third kappa shape index (κ3) is 4.48. The number of rotatable bonds is 6. The second-order valence-corrected chi connectivity index (χ2v) is 5.89. The molecule has 2 amide bonds. The number of carbonyl (C=O) groups excluding carboxylic acids is 2. The van der Waals surface area contributed by atoms with Crippen molar-refractivity contribution in [3.05, 3.63) is 35.9 Å². The van der Waals surface area contributed by atoms with Gasteiger partial charge in [0, 0.05) is 6.42 Å². The fourth-order valence-corrected chi connectivity index (χ4v) is 2.93. The molecule has 1 heterocycles. The Hall–Kier alpha value is -2.02. The molecule has 1 aromatic rings. The average Bonchev–Trinajstić information content (AvgIpc) is 2.53. The molecule has 1 aromatic carbocycles. The molecule has 0 unspecified atom stereocenters. The number of carbonyl (C=O) groups is 3. The van der Waals surface area contributed by atoms with E-state index in [0.29, 0.717) is 18.6 Å². The Balaban J connectivity index is 2.15. The smallest absolute Gasteiger partial charge is 0.327 e. The lowest BCUT2D eigenvalue weighted by Gasteiger charge is -2.40. The van der Waals surface area contributed by atoms with Gasteiger partial charge in [0.1, 0.15) is 12.2 Å². The highest BCUT2D eigenvalue weighted by Crippen LogP contribution is 2.20. The van der Waals surface area contributed by atoms with Gasteiger partial charge in [-0.2, -0.15) is 12.6 Å². The van der Waals surface area contributed by atoms with Gasteiger partial charge < -0.3 is 15.3 Å². The first-order valence-electron chi connectivity index (χ1n) is 7.51. The summed E-state index contributed by atoms with van der Waals surface area (Å²) in [6.07, 6.45) is 0.436. The molecule has 2 atom stereocenters. The van der Waals surface area contributed by atoms with Crippen molar-refractivity contribution in [1.82, 2.24) is 10.2 Å². The van der Waals surface area contributed by atoms with Gasteiger partial charge in [0.15, 0.2) is 0 Å². The molecule has 7 heteroatoms. The number of aryl methyl sites for hydroxylation is 1. The molecule has 1 aliphatic heterocycles. The minimum atomic E-state index is -1.16. The van der Waals surface area contributed by atoms with Gasteiger partial charge >= 0.3 is 5.97 Å². The predicted octanol–water partition coefficient (Wildman–Crippen LogP) is 1.07. The molecule has 0 bridgehead atoms. The van der Waals surface area contributed by atoms with Crippen LogP contribution in [0.4, 0.5) is 0 Å². The molecule has 0 spiro atoms. The summed E-state index contributed by atoms with van der Waals surface area (Å²) in [6.45, 7) is 0. The highest BCUT2D eigenvalue weighted by molar-refractivity contribution is 7.80. The number of nitrogens with one attached hydrogen (secondary N) is 1. The lowest BCUT2D eigenvalue weighted by atomic mass is 10.0. The number of amides is 2. The Bertz CT molecular complexity index is 579.